The van der Waals surface area contributed by atoms with Crippen LogP contribution in [0.25, 0.3) is 0 Å². The summed E-state index contributed by atoms with van der Waals surface area (Å²) in [5, 5.41) is 12.6. The minimum atomic E-state index is -0.379. The van der Waals surface area contributed by atoms with Crippen molar-refractivity contribution in [1.29, 1.82) is 0 Å². The number of aromatic hydroxyl groups is 1. The van der Waals surface area contributed by atoms with E-state index in [4.69, 9.17) is 17.3 Å². The molecule has 19 heavy (non-hydrogen) atoms. The van der Waals surface area contributed by atoms with E-state index in [1.807, 2.05) is 0 Å². The molecule has 1 amide bonds. The van der Waals surface area contributed by atoms with Crippen LogP contribution in [0.1, 0.15) is 10.4 Å². The van der Waals surface area contributed by atoms with E-state index >= 15 is 0 Å². The van der Waals surface area contributed by atoms with Gasteiger partial charge < -0.3 is 16.2 Å². The van der Waals surface area contributed by atoms with Gasteiger partial charge in [0.15, 0.2) is 0 Å². The predicted molar refractivity (Wildman–Crippen MR) is 79.6 cm³/mol. The van der Waals surface area contributed by atoms with Gasteiger partial charge in [0.1, 0.15) is 5.75 Å². The monoisotopic (exact) mass is 340 g/mol. The Labute approximate surface area is 123 Å². The summed E-state index contributed by atoms with van der Waals surface area (Å²) in [5.41, 5.74) is 6.47. The molecule has 0 saturated carbocycles. The Bertz CT molecular complexity index is 647. The van der Waals surface area contributed by atoms with Crippen LogP contribution < -0.4 is 11.1 Å². The Kier molecular flexibility index (Phi) is 3.97. The molecule has 0 atom stereocenters. The number of nitrogen functional groups attached to an aromatic ring is 1. The Hall–Kier alpha value is -1.72. The number of rotatable bonds is 2. The van der Waals surface area contributed by atoms with Crippen LogP contribution >= 0.6 is 27.5 Å². The van der Waals surface area contributed by atoms with Gasteiger partial charge in [-0.3, -0.25) is 4.79 Å². The number of benzene rings is 2. The van der Waals surface area contributed by atoms with Gasteiger partial charge in [0.05, 0.1) is 16.4 Å². The number of hydrogen-bond donors (Lipinski definition) is 3. The zero-order valence-corrected chi connectivity index (χ0v) is 12.0. The molecular weight excluding hydrogens is 332 g/mol. The lowest BCUT2D eigenvalue weighted by Gasteiger charge is -2.08. The van der Waals surface area contributed by atoms with Gasteiger partial charge in [-0.1, -0.05) is 27.5 Å². The highest BCUT2D eigenvalue weighted by Gasteiger charge is 2.10. The maximum Gasteiger partial charge on any atom is 0.255 e. The molecule has 4 N–H and O–H groups in total. The van der Waals surface area contributed by atoms with E-state index in [-0.39, 0.29) is 17.3 Å². The Morgan fingerprint density at radius 2 is 2.00 bits per heavy atom. The Morgan fingerprint density at radius 1 is 1.26 bits per heavy atom. The summed E-state index contributed by atoms with van der Waals surface area (Å²) in [4.78, 5) is 12.0. The van der Waals surface area contributed by atoms with Gasteiger partial charge in [-0.2, -0.15) is 0 Å². The summed E-state index contributed by atoms with van der Waals surface area (Å²) in [6.45, 7) is 0. The van der Waals surface area contributed by atoms with Crippen molar-refractivity contribution in [1.82, 2.24) is 0 Å². The minimum absolute atomic E-state index is 0.131. The van der Waals surface area contributed by atoms with Crippen LogP contribution in [0.15, 0.2) is 40.9 Å². The number of halogens is 2. The number of nitrogens with one attached hydrogen (secondary N) is 1. The minimum Gasteiger partial charge on any atom is -0.506 e. The molecule has 0 aliphatic heterocycles. The number of carbonyl (C=O) groups excluding carboxylic acids is 1. The molecule has 0 aliphatic carbocycles. The SMILES string of the molecule is Nc1ccc(C(=O)Nc2cc(Br)ccc2Cl)cc1O. The van der Waals surface area contributed by atoms with E-state index in [0.29, 0.717) is 16.3 Å². The largest absolute Gasteiger partial charge is 0.506 e. The molecular formula is C13H10BrClN2O2. The van der Waals surface area contributed by atoms with Crippen molar-refractivity contribution >= 4 is 44.8 Å². The van der Waals surface area contributed by atoms with Gasteiger partial charge in [0.2, 0.25) is 0 Å². The molecule has 4 nitrogen and oxygen atoms in total. The Morgan fingerprint density at radius 3 is 2.68 bits per heavy atom. The van der Waals surface area contributed by atoms with Crippen LogP contribution in [0.2, 0.25) is 5.02 Å². The van der Waals surface area contributed by atoms with Gasteiger partial charge in [0.25, 0.3) is 5.91 Å². The smallest absolute Gasteiger partial charge is 0.255 e. The summed E-state index contributed by atoms with van der Waals surface area (Å²) in [5.74, 6) is -0.511. The molecule has 0 radical (unpaired) electrons. The molecule has 0 unspecified atom stereocenters. The van der Waals surface area contributed by atoms with Gasteiger partial charge >= 0.3 is 0 Å². The zero-order valence-electron chi connectivity index (χ0n) is 9.65. The fourth-order valence-electron chi connectivity index (χ4n) is 1.47. The van der Waals surface area contributed by atoms with Crippen LogP contribution in [0, 0.1) is 0 Å². The third-order valence-corrected chi connectivity index (χ3v) is 3.29. The van der Waals surface area contributed by atoms with Crippen LogP contribution in [0.3, 0.4) is 0 Å². The second-order valence-electron chi connectivity index (χ2n) is 3.85. The molecule has 2 aromatic rings. The van der Waals surface area contributed by atoms with Gasteiger partial charge in [-0.25, -0.2) is 0 Å². The number of phenolic OH excluding ortho intramolecular Hbond substituents is 1. The number of anilines is 2. The molecule has 98 valence electrons. The standard InChI is InChI=1S/C13H10BrClN2O2/c14-8-2-3-9(15)11(6-8)17-13(19)7-1-4-10(16)12(18)5-7/h1-6,18H,16H2,(H,17,19). The van der Waals surface area contributed by atoms with Crippen molar-refractivity contribution in [2.45, 2.75) is 0 Å². The first-order valence-electron chi connectivity index (χ1n) is 5.32. The summed E-state index contributed by atoms with van der Waals surface area (Å²) >= 11 is 9.28. The van der Waals surface area contributed by atoms with Crippen molar-refractivity contribution in [3.05, 3.63) is 51.5 Å². The average molecular weight is 342 g/mol. The quantitative estimate of drug-likeness (QED) is 0.576. The summed E-state index contributed by atoms with van der Waals surface area (Å²) in [6, 6.07) is 9.42. The number of hydrogen-bond acceptors (Lipinski definition) is 3. The number of nitrogens with two attached hydrogens (primary N) is 1. The number of carbonyl (C=O) groups is 1. The van der Waals surface area contributed by atoms with Gasteiger partial charge in [0, 0.05) is 10.0 Å². The molecule has 2 rings (SSSR count). The average Bonchev–Trinajstić information content (AvgIpc) is 2.37. The normalized spacial score (nSPS) is 10.2. The lowest BCUT2D eigenvalue weighted by Crippen LogP contribution is -2.12. The lowest BCUT2D eigenvalue weighted by molar-refractivity contribution is 0.102. The van der Waals surface area contributed by atoms with E-state index in [1.54, 1.807) is 18.2 Å². The highest BCUT2D eigenvalue weighted by Crippen LogP contribution is 2.27. The van der Waals surface area contributed by atoms with E-state index in [9.17, 15) is 9.90 Å². The topological polar surface area (TPSA) is 75.4 Å². The molecule has 0 aromatic heterocycles. The second kappa shape index (κ2) is 5.50. The van der Waals surface area contributed by atoms with Gasteiger partial charge in [-0.15, -0.1) is 0 Å². The van der Waals surface area contributed by atoms with Crippen molar-refractivity contribution in [2.24, 2.45) is 0 Å². The predicted octanol–water partition coefficient (Wildman–Crippen LogP) is 3.64. The molecule has 6 heteroatoms. The molecule has 0 fully saturated rings. The summed E-state index contributed by atoms with van der Waals surface area (Å²) in [7, 11) is 0. The fraction of sp³-hybridized carbons (Fsp3) is 0. The summed E-state index contributed by atoms with van der Waals surface area (Å²) < 4.78 is 0.798. The van der Waals surface area contributed by atoms with Crippen LogP contribution in [-0.2, 0) is 0 Å². The van der Waals surface area contributed by atoms with E-state index in [1.165, 1.54) is 18.2 Å². The molecule has 0 aliphatic rings. The highest BCUT2D eigenvalue weighted by molar-refractivity contribution is 9.10. The van der Waals surface area contributed by atoms with E-state index in [0.717, 1.165) is 4.47 Å². The second-order valence-corrected chi connectivity index (χ2v) is 5.17. The van der Waals surface area contributed by atoms with Gasteiger partial charge in [-0.05, 0) is 36.4 Å². The Balaban J connectivity index is 2.25. The molecule has 0 spiro atoms. The highest BCUT2D eigenvalue weighted by atomic mass is 79.9. The molecule has 0 heterocycles. The maximum absolute atomic E-state index is 12.0. The van der Waals surface area contributed by atoms with Crippen LogP contribution in [0.5, 0.6) is 5.75 Å². The van der Waals surface area contributed by atoms with Crippen LogP contribution in [0.4, 0.5) is 11.4 Å². The fourth-order valence-corrected chi connectivity index (χ4v) is 2.00. The van der Waals surface area contributed by atoms with E-state index in [2.05, 4.69) is 21.2 Å². The first kappa shape index (κ1) is 13.7. The van der Waals surface area contributed by atoms with Crippen LogP contribution in [-0.4, -0.2) is 11.0 Å². The van der Waals surface area contributed by atoms with Crippen molar-refractivity contribution < 1.29 is 9.90 Å². The first-order chi connectivity index (χ1) is 8.97. The summed E-state index contributed by atoms with van der Waals surface area (Å²) in [6.07, 6.45) is 0. The van der Waals surface area contributed by atoms with Crippen molar-refractivity contribution in [3.63, 3.8) is 0 Å². The third kappa shape index (κ3) is 3.19. The maximum atomic E-state index is 12.0. The zero-order chi connectivity index (χ0) is 14.0. The number of amides is 1. The van der Waals surface area contributed by atoms with Crippen molar-refractivity contribution in [3.8, 4) is 5.75 Å². The molecule has 2 aromatic carbocycles. The van der Waals surface area contributed by atoms with E-state index < -0.39 is 0 Å². The molecule has 0 bridgehead atoms. The first-order valence-corrected chi connectivity index (χ1v) is 6.49. The number of phenols is 1. The lowest BCUT2D eigenvalue weighted by atomic mass is 10.1. The molecule has 0 saturated heterocycles. The third-order valence-electron chi connectivity index (χ3n) is 2.47. The van der Waals surface area contributed by atoms with Crippen molar-refractivity contribution in [2.75, 3.05) is 11.1 Å².